The van der Waals surface area contributed by atoms with Gasteiger partial charge in [-0.05, 0) is 14.1 Å². The first-order valence-electron chi connectivity index (χ1n) is 7.55. The molecule has 3 heterocycles. The second-order valence-corrected chi connectivity index (χ2v) is 9.13. The number of aromatic nitrogens is 1. The van der Waals surface area contributed by atoms with Crippen molar-refractivity contribution in [1.82, 2.24) is 15.0 Å². The van der Waals surface area contributed by atoms with E-state index in [9.17, 15) is 13.2 Å². The summed E-state index contributed by atoms with van der Waals surface area (Å²) in [6, 6.07) is 1.57. The monoisotopic (exact) mass is 361 g/mol. The molecule has 1 aromatic heterocycles. The molecule has 9 heteroatoms. The third-order valence-corrected chi connectivity index (χ3v) is 7.20. The highest BCUT2D eigenvalue weighted by Gasteiger charge is 2.53. The molecule has 7 nitrogen and oxygen atoms in total. The Kier molecular flexibility index (Phi) is 4.41. The lowest BCUT2D eigenvalue weighted by Crippen LogP contribution is -2.38. The maximum absolute atomic E-state index is 12.4. The van der Waals surface area contributed by atoms with Gasteiger partial charge in [0, 0.05) is 44.0 Å². The maximum atomic E-state index is 12.4. The summed E-state index contributed by atoms with van der Waals surface area (Å²) in [5, 5.41) is 3.40. The van der Waals surface area contributed by atoms with Crippen LogP contribution >= 0.6 is 11.6 Å². The van der Waals surface area contributed by atoms with Crippen molar-refractivity contribution in [2.24, 2.45) is 5.92 Å². The van der Waals surface area contributed by atoms with Gasteiger partial charge in [0.1, 0.15) is 5.76 Å². The first kappa shape index (κ1) is 16.7. The molecule has 2 aliphatic heterocycles. The Hall–Kier alpha value is -1.12. The topological polar surface area (TPSA) is 83.7 Å². The van der Waals surface area contributed by atoms with Gasteiger partial charge in [-0.25, -0.2) is 8.42 Å². The molecule has 2 fully saturated rings. The molecule has 23 heavy (non-hydrogen) atoms. The van der Waals surface area contributed by atoms with Crippen molar-refractivity contribution in [3.8, 4) is 0 Å². The lowest BCUT2D eigenvalue weighted by Gasteiger charge is -2.25. The van der Waals surface area contributed by atoms with Crippen LogP contribution in [0.1, 0.15) is 12.2 Å². The zero-order valence-electron chi connectivity index (χ0n) is 13.1. The predicted octanol–water partition coefficient (Wildman–Crippen LogP) is 0.446. The van der Waals surface area contributed by atoms with Crippen LogP contribution in [0.25, 0.3) is 0 Å². The lowest BCUT2D eigenvalue weighted by atomic mass is 10.00. The Bertz CT molecular complexity index is 703. The van der Waals surface area contributed by atoms with Gasteiger partial charge in [0.05, 0.1) is 11.0 Å². The lowest BCUT2D eigenvalue weighted by molar-refractivity contribution is -0.130. The van der Waals surface area contributed by atoms with Gasteiger partial charge in [0.2, 0.25) is 5.91 Å². The van der Waals surface area contributed by atoms with Gasteiger partial charge in [-0.1, -0.05) is 16.8 Å². The number of carbonyl (C=O) groups excluding carboxylic acids is 1. The highest BCUT2D eigenvalue weighted by atomic mass is 35.5. The molecule has 0 saturated carbocycles. The third kappa shape index (κ3) is 3.25. The van der Waals surface area contributed by atoms with Crippen LogP contribution in [-0.2, 0) is 21.1 Å². The molecule has 0 bridgehead atoms. The summed E-state index contributed by atoms with van der Waals surface area (Å²) in [5.74, 6) is 0.688. The van der Waals surface area contributed by atoms with Crippen molar-refractivity contribution in [1.29, 1.82) is 0 Å². The molecule has 0 N–H and O–H groups in total. The maximum Gasteiger partial charge on any atom is 0.223 e. The Morgan fingerprint density at radius 1 is 1.48 bits per heavy atom. The molecular weight excluding hydrogens is 342 g/mol. The minimum absolute atomic E-state index is 0.00123. The Labute approximate surface area is 140 Å². The van der Waals surface area contributed by atoms with Crippen molar-refractivity contribution in [2.45, 2.75) is 24.1 Å². The minimum Gasteiger partial charge on any atom is -0.360 e. The summed E-state index contributed by atoms with van der Waals surface area (Å²) >= 11 is 5.67. The number of fused-ring (bicyclic) bond motifs is 1. The van der Waals surface area contributed by atoms with E-state index < -0.39 is 15.1 Å². The van der Waals surface area contributed by atoms with Crippen LogP contribution in [0.4, 0.5) is 0 Å². The Balaban J connectivity index is 1.63. The third-order valence-electron chi connectivity index (χ3n) is 4.80. The summed E-state index contributed by atoms with van der Waals surface area (Å²) in [5.41, 5.74) is 0. The average molecular weight is 362 g/mol. The Morgan fingerprint density at radius 3 is 2.83 bits per heavy atom. The predicted molar refractivity (Wildman–Crippen MR) is 85.0 cm³/mol. The van der Waals surface area contributed by atoms with Gasteiger partial charge in [-0.15, -0.1) is 0 Å². The standard InChI is InChI=1S/C14H20ClN3O4S/c1-17(2)11-8-23(20,21)12-7-18(6-10(11)12)14(19)4-3-9-5-13(15)16-22-9/h5,10-12H,3-4,6-8H2,1-2H3/t10-,11-,12-/m0/s1. The molecule has 0 aliphatic carbocycles. The molecular formula is C14H20ClN3O4S. The molecule has 3 atom stereocenters. The largest absolute Gasteiger partial charge is 0.360 e. The van der Waals surface area contributed by atoms with Crippen LogP contribution in [0, 0.1) is 5.92 Å². The van der Waals surface area contributed by atoms with E-state index in [0.717, 1.165) is 0 Å². The van der Waals surface area contributed by atoms with Gasteiger partial charge in [0.15, 0.2) is 15.0 Å². The minimum atomic E-state index is -3.13. The molecule has 3 rings (SSSR count). The second kappa shape index (κ2) is 6.07. The number of nitrogens with zero attached hydrogens (tertiary/aromatic N) is 3. The number of hydrogen-bond acceptors (Lipinski definition) is 6. The number of amides is 1. The van der Waals surface area contributed by atoms with Gasteiger partial charge in [0.25, 0.3) is 0 Å². The van der Waals surface area contributed by atoms with E-state index in [-0.39, 0.29) is 35.2 Å². The van der Waals surface area contributed by atoms with Crippen molar-refractivity contribution in [3.63, 3.8) is 0 Å². The van der Waals surface area contributed by atoms with Crippen LogP contribution < -0.4 is 0 Å². The first-order valence-corrected chi connectivity index (χ1v) is 9.64. The zero-order chi connectivity index (χ0) is 16.8. The van der Waals surface area contributed by atoms with Crippen LogP contribution in [0.5, 0.6) is 0 Å². The van der Waals surface area contributed by atoms with Crippen LogP contribution in [0.3, 0.4) is 0 Å². The molecule has 0 unspecified atom stereocenters. The van der Waals surface area contributed by atoms with E-state index in [0.29, 0.717) is 25.3 Å². The summed E-state index contributed by atoms with van der Waals surface area (Å²) in [7, 11) is 0.649. The smallest absolute Gasteiger partial charge is 0.223 e. The molecule has 128 valence electrons. The molecule has 2 aliphatic rings. The average Bonchev–Trinajstić information content (AvgIpc) is 3.13. The van der Waals surface area contributed by atoms with Gasteiger partial charge in [-0.3, -0.25) is 4.79 Å². The van der Waals surface area contributed by atoms with Gasteiger partial charge < -0.3 is 14.3 Å². The summed E-state index contributed by atoms with van der Waals surface area (Å²) in [4.78, 5) is 16.0. The summed E-state index contributed by atoms with van der Waals surface area (Å²) < 4.78 is 29.6. The quantitative estimate of drug-likeness (QED) is 0.774. The van der Waals surface area contributed by atoms with Crippen LogP contribution in [0.15, 0.2) is 10.6 Å². The first-order chi connectivity index (χ1) is 10.8. The van der Waals surface area contributed by atoms with Crippen molar-refractivity contribution < 1.29 is 17.7 Å². The van der Waals surface area contributed by atoms with Crippen LogP contribution in [-0.4, -0.2) is 73.5 Å². The fourth-order valence-corrected chi connectivity index (χ4v) is 6.20. The molecule has 2 saturated heterocycles. The van der Waals surface area contributed by atoms with Crippen molar-refractivity contribution in [2.75, 3.05) is 32.9 Å². The number of rotatable bonds is 4. The van der Waals surface area contributed by atoms with E-state index in [1.54, 1.807) is 11.0 Å². The summed E-state index contributed by atoms with van der Waals surface area (Å²) in [6.45, 7) is 0.802. The number of aryl methyl sites for hydroxylation is 1. The van der Waals surface area contributed by atoms with E-state index in [4.69, 9.17) is 16.1 Å². The highest BCUT2D eigenvalue weighted by Crippen LogP contribution is 2.36. The number of halogens is 1. The molecule has 0 aromatic carbocycles. The molecule has 0 radical (unpaired) electrons. The SMILES string of the molecule is CN(C)[C@H]1CS(=O)(=O)[C@H]2CN(C(=O)CCc3cc(Cl)no3)C[C@@H]12. The van der Waals surface area contributed by atoms with E-state index in [2.05, 4.69) is 5.16 Å². The fraction of sp³-hybridized carbons (Fsp3) is 0.714. The molecule has 1 aromatic rings. The van der Waals surface area contributed by atoms with E-state index in [1.165, 1.54) is 0 Å². The summed E-state index contributed by atoms with van der Waals surface area (Å²) in [6.07, 6.45) is 0.673. The normalized spacial score (nSPS) is 29.2. The van der Waals surface area contributed by atoms with Crippen LogP contribution in [0.2, 0.25) is 5.15 Å². The van der Waals surface area contributed by atoms with Gasteiger partial charge >= 0.3 is 0 Å². The fourth-order valence-electron chi connectivity index (χ4n) is 3.56. The number of sulfone groups is 1. The number of hydrogen-bond donors (Lipinski definition) is 0. The molecule has 0 spiro atoms. The highest BCUT2D eigenvalue weighted by molar-refractivity contribution is 7.92. The van der Waals surface area contributed by atoms with Crippen molar-refractivity contribution >= 4 is 27.3 Å². The second-order valence-electron chi connectivity index (χ2n) is 6.48. The molecule has 1 amide bonds. The van der Waals surface area contributed by atoms with Gasteiger partial charge in [-0.2, -0.15) is 0 Å². The Morgan fingerprint density at radius 2 is 2.22 bits per heavy atom. The van der Waals surface area contributed by atoms with E-state index in [1.807, 2.05) is 19.0 Å². The van der Waals surface area contributed by atoms with E-state index >= 15 is 0 Å². The zero-order valence-corrected chi connectivity index (χ0v) is 14.7. The number of carbonyl (C=O) groups is 1. The number of likely N-dealkylation sites (tertiary alicyclic amines) is 1. The van der Waals surface area contributed by atoms with Crippen molar-refractivity contribution in [3.05, 3.63) is 17.0 Å².